The molecule has 3 aromatic rings. The third-order valence-electron chi connectivity index (χ3n) is 5.62. The number of benzene rings is 3. The molecule has 0 spiro atoms. The Morgan fingerprint density at radius 2 is 1.52 bits per heavy atom. The van der Waals surface area contributed by atoms with Crippen LogP contribution >= 0.6 is 0 Å². The molecule has 3 aromatic carbocycles. The van der Waals surface area contributed by atoms with E-state index in [1.807, 2.05) is 42.5 Å². The van der Waals surface area contributed by atoms with Crippen molar-refractivity contribution in [2.45, 2.75) is 18.0 Å². The summed E-state index contributed by atoms with van der Waals surface area (Å²) in [6.07, 6.45) is -4.42. The lowest BCUT2D eigenvalue weighted by atomic mass is 9.98. The lowest BCUT2D eigenvalue weighted by molar-refractivity contribution is -0.137. The van der Waals surface area contributed by atoms with Crippen LogP contribution in [0.1, 0.15) is 21.9 Å². The Labute approximate surface area is 180 Å². The molecule has 4 rings (SSSR count). The van der Waals surface area contributed by atoms with Gasteiger partial charge in [0, 0.05) is 19.6 Å². The maximum absolute atomic E-state index is 13.3. The van der Waals surface area contributed by atoms with Crippen molar-refractivity contribution in [2.75, 3.05) is 18.8 Å². The predicted molar refractivity (Wildman–Crippen MR) is 115 cm³/mol. The normalized spacial score (nSPS) is 19.3. The topological polar surface area (TPSA) is 37.4 Å². The highest BCUT2D eigenvalue weighted by atomic mass is 32.2. The highest BCUT2D eigenvalue weighted by Crippen LogP contribution is 2.37. The summed E-state index contributed by atoms with van der Waals surface area (Å²) in [4.78, 5) is 2.08. The first-order chi connectivity index (χ1) is 14.7. The Bertz CT molecular complexity index is 1140. The van der Waals surface area contributed by atoms with Crippen molar-refractivity contribution in [1.29, 1.82) is 0 Å². The van der Waals surface area contributed by atoms with Crippen LogP contribution in [0.4, 0.5) is 13.2 Å². The van der Waals surface area contributed by atoms with Crippen molar-refractivity contribution in [2.24, 2.45) is 0 Å². The number of nitrogens with zero attached hydrogens (tertiary/aromatic N) is 1. The van der Waals surface area contributed by atoms with Gasteiger partial charge in [0.25, 0.3) is 0 Å². The summed E-state index contributed by atoms with van der Waals surface area (Å²) in [6.45, 7) is 1.37. The van der Waals surface area contributed by atoms with Gasteiger partial charge in [-0.25, -0.2) is 8.42 Å². The minimum atomic E-state index is -4.42. The van der Waals surface area contributed by atoms with Gasteiger partial charge in [0.1, 0.15) is 0 Å². The molecule has 1 aliphatic rings. The Kier molecular flexibility index (Phi) is 5.90. The van der Waals surface area contributed by atoms with E-state index < -0.39 is 26.8 Å². The van der Waals surface area contributed by atoms with Gasteiger partial charge in [0.2, 0.25) is 0 Å². The number of rotatable bonds is 4. The Morgan fingerprint density at radius 3 is 2.19 bits per heavy atom. The second kappa shape index (κ2) is 8.48. The molecule has 1 heterocycles. The fraction of sp³-hybridized carbons (Fsp3) is 0.250. The van der Waals surface area contributed by atoms with E-state index in [4.69, 9.17) is 0 Å². The Morgan fingerprint density at radius 1 is 0.871 bits per heavy atom. The summed E-state index contributed by atoms with van der Waals surface area (Å²) in [5, 5.41) is -0.569. The maximum Gasteiger partial charge on any atom is 0.417 e. The van der Waals surface area contributed by atoms with Crippen LogP contribution in [0.25, 0.3) is 11.1 Å². The Balaban J connectivity index is 1.51. The van der Waals surface area contributed by atoms with Crippen LogP contribution in [-0.2, 0) is 22.6 Å². The molecule has 1 fully saturated rings. The van der Waals surface area contributed by atoms with Crippen molar-refractivity contribution in [3.05, 3.63) is 95.6 Å². The fourth-order valence-electron chi connectivity index (χ4n) is 3.99. The summed E-state index contributed by atoms with van der Waals surface area (Å²) in [6, 6.07) is 21.7. The van der Waals surface area contributed by atoms with Gasteiger partial charge in [-0.3, -0.25) is 4.90 Å². The first-order valence-electron chi connectivity index (χ1n) is 9.98. The SMILES string of the molecule is O=S1(=O)CCN(Cc2ccc(-c3ccccc3C(F)(F)F)cc2)CC1c1ccccc1. The molecule has 0 bridgehead atoms. The smallest absolute Gasteiger partial charge is 0.296 e. The summed E-state index contributed by atoms with van der Waals surface area (Å²) >= 11 is 0. The number of alkyl halides is 3. The standard InChI is InChI=1S/C24H22F3NO2S/c25-24(26,27)22-9-5-4-8-21(22)19-12-10-18(11-13-19)16-28-14-15-31(29,30)23(17-28)20-6-2-1-3-7-20/h1-13,23H,14-17H2. The molecular weight excluding hydrogens is 423 g/mol. The summed E-state index contributed by atoms with van der Waals surface area (Å²) in [5.74, 6) is 0.0869. The van der Waals surface area contributed by atoms with Crippen molar-refractivity contribution >= 4 is 9.84 Å². The van der Waals surface area contributed by atoms with Crippen LogP contribution in [0.15, 0.2) is 78.9 Å². The monoisotopic (exact) mass is 445 g/mol. The molecule has 1 saturated heterocycles. The van der Waals surface area contributed by atoms with Gasteiger partial charge >= 0.3 is 6.18 Å². The van der Waals surface area contributed by atoms with Gasteiger partial charge in [-0.1, -0.05) is 72.8 Å². The van der Waals surface area contributed by atoms with Gasteiger partial charge in [-0.15, -0.1) is 0 Å². The quantitative estimate of drug-likeness (QED) is 0.544. The highest BCUT2D eigenvalue weighted by molar-refractivity contribution is 7.91. The molecule has 0 aliphatic carbocycles. The first kappa shape index (κ1) is 21.6. The van der Waals surface area contributed by atoms with E-state index in [2.05, 4.69) is 4.90 Å². The molecule has 0 N–H and O–H groups in total. The molecule has 0 saturated carbocycles. The third kappa shape index (κ3) is 4.83. The van der Waals surface area contributed by atoms with Crippen LogP contribution in [0.2, 0.25) is 0 Å². The summed E-state index contributed by atoms with van der Waals surface area (Å²) in [5.41, 5.74) is 1.70. The van der Waals surface area contributed by atoms with Crippen LogP contribution in [0.3, 0.4) is 0 Å². The van der Waals surface area contributed by atoms with Crippen molar-refractivity contribution in [1.82, 2.24) is 4.90 Å². The molecule has 0 amide bonds. The van der Waals surface area contributed by atoms with Gasteiger partial charge in [0.15, 0.2) is 9.84 Å². The van der Waals surface area contributed by atoms with Crippen LogP contribution in [0, 0.1) is 0 Å². The maximum atomic E-state index is 13.3. The number of hydrogen-bond donors (Lipinski definition) is 0. The first-order valence-corrected chi connectivity index (χ1v) is 11.7. The molecule has 1 unspecified atom stereocenters. The van der Waals surface area contributed by atoms with Crippen molar-refractivity contribution < 1.29 is 21.6 Å². The van der Waals surface area contributed by atoms with E-state index in [-0.39, 0.29) is 11.3 Å². The van der Waals surface area contributed by atoms with Gasteiger partial charge in [0.05, 0.1) is 16.6 Å². The summed E-state index contributed by atoms with van der Waals surface area (Å²) < 4.78 is 65.1. The van der Waals surface area contributed by atoms with E-state index in [0.29, 0.717) is 25.2 Å². The van der Waals surface area contributed by atoms with Crippen molar-refractivity contribution in [3.63, 3.8) is 0 Å². The molecule has 0 radical (unpaired) electrons. The van der Waals surface area contributed by atoms with Crippen molar-refractivity contribution in [3.8, 4) is 11.1 Å². The zero-order chi connectivity index (χ0) is 22.1. The van der Waals surface area contributed by atoms with Gasteiger partial charge in [-0.2, -0.15) is 13.2 Å². The van der Waals surface area contributed by atoms with Gasteiger partial charge < -0.3 is 0 Å². The van der Waals surface area contributed by atoms with Gasteiger partial charge in [-0.05, 0) is 28.3 Å². The van der Waals surface area contributed by atoms with Crippen LogP contribution in [-0.4, -0.2) is 32.2 Å². The molecule has 7 heteroatoms. The third-order valence-corrected chi connectivity index (χ3v) is 7.66. The molecular formula is C24H22F3NO2S. The highest BCUT2D eigenvalue weighted by Gasteiger charge is 2.34. The molecule has 31 heavy (non-hydrogen) atoms. The lowest BCUT2D eigenvalue weighted by Gasteiger charge is -2.33. The van der Waals surface area contributed by atoms with E-state index in [1.54, 1.807) is 18.2 Å². The number of halogens is 3. The number of hydrogen-bond acceptors (Lipinski definition) is 3. The second-order valence-corrected chi connectivity index (χ2v) is 10.0. The molecule has 1 aliphatic heterocycles. The molecule has 1 atom stereocenters. The lowest BCUT2D eigenvalue weighted by Crippen LogP contribution is -2.41. The predicted octanol–water partition coefficient (Wildman–Crippen LogP) is 5.34. The molecule has 162 valence electrons. The zero-order valence-corrected chi connectivity index (χ0v) is 17.5. The van der Waals surface area contributed by atoms with E-state index in [0.717, 1.165) is 17.2 Å². The van der Waals surface area contributed by atoms with Crippen LogP contribution < -0.4 is 0 Å². The number of sulfone groups is 1. The molecule has 3 nitrogen and oxygen atoms in total. The van der Waals surface area contributed by atoms with E-state index >= 15 is 0 Å². The second-order valence-electron chi connectivity index (χ2n) is 7.74. The zero-order valence-electron chi connectivity index (χ0n) is 16.7. The minimum absolute atomic E-state index is 0.0869. The minimum Gasteiger partial charge on any atom is -0.296 e. The largest absolute Gasteiger partial charge is 0.417 e. The Hall–Kier alpha value is -2.64. The van der Waals surface area contributed by atoms with E-state index in [1.165, 1.54) is 12.1 Å². The molecule has 0 aromatic heterocycles. The van der Waals surface area contributed by atoms with E-state index in [9.17, 15) is 21.6 Å². The average Bonchev–Trinajstić information content (AvgIpc) is 2.75. The average molecular weight is 446 g/mol. The summed E-state index contributed by atoms with van der Waals surface area (Å²) in [7, 11) is -3.21. The van der Waals surface area contributed by atoms with Crippen LogP contribution in [0.5, 0.6) is 0 Å². The fourth-order valence-corrected chi connectivity index (χ4v) is 5.80.